The van der Waals surface area contributed by atoms with E-state index in [2.05, 4.69) is 44.3 Å². The molecular weight excluding hydrogens is 364 g/mol. The molecule has 1 saturated heterocycles. The number of ether oxygens (including phenoxy) is 1. The zero-order valence-corrected chi connectivity index (χ0v) is 16.3. The first-order valence-corrected chi connectivity index (χ1v) is 9.82. The molecule has 0 saturated carbocycles. The number of likely N-dealkylation sites (tertiary alicyclic amines) is 1. The van der Waals surface area contributed by atoms with Gasteiger partial charge in [0.1, 0.15) is 5.75 Å². The topological polar surface area (TPSA) is 64.3 Å². The van der Waals surface area contributed by atoms with Crippen molar-refractivity contribution in [1.82, 2.24) is 20.0 Å². The van der Waals surface area contributed by atoms with Gasteiger partial charge >= 0.3 is 0 Å². The number of hydrogen-bond acceptors (Lipinski definition) is 6. The summed E-state index contributed by atoms with van der Waals surface area (Å²) in [6.45, 7) is 2.86. The lowest BCUT2D eigenvalue weighted by atomic mass is 10.1. The van der Waals surface area contributed by atoms with Crippen LogP contribution in [0.2, 0.25) is 0 Å². The van der Waals surface area contributed by atoms with Crippen LogP contribution < -0.4 is 4.74 Å². The van der Waals surface area contributed by atoms with E-state index in [4.69, 9.17) is 9.26 Å². The Morgan fingerprint density at radius 1 is 1.14 bits per heavy atom. The Bertz CT molecular complexity index is 1140. The summed E-state index contributed by atoms with van der Waals surface area (Å²) >= 11 is 0. The lowest BCUT2D eigenvalue weighted by Gasteiger charge is -2.15. The minimum absolute atomic E-state index is 0.268. The van der Waals surface area contributed by atoms with E-state index >= 15 is 0 Å². The molecule has 0 amide bonds. The smallest absolute Gasteiger partial charge is 0.231 e. The summed E-state index contributed by atoms with van der Waals surface area (Å²) in [4.78, 5) is 11.5. The van der Waals surface area contributed by atoms with E-state index in [1.165, 1.54) is 10.9 Å². The van der Waals surface area contributed by atoms with Crippen LogP contribution in [0.25, 0.3) is 22.3 Å². The molecule has 0 bridgehead atoms. The van der Waals surface area contributed by atoms with Gasteiger partial charge in [-0.3, -0.25) is 9.88 Å². The zero-order chi connectivity index (χ0) is 19.6. The van der Waals surface area contributed by atoms with E-state index in [0.717, 1.165) is 42.9 Å². The van der Waals surface area contributed by atoms with Gasteiger partial charge in [-0.05, 0) is 48.9 Å². The van der Waals surface area contributed by atoms with Crippen molar-refractivity contribution in [2.75, 3.05) is 20.2 Å². The third-order valence-corrected chi connectivity index (χ3v) is 5.46. The van der Waals surface area contributed by atoms with Crippen molar-refractivity contribution in [2.24, 2.45) is 0 Å². The van der Waals surface area contributed by atoms with E-state index in [0.29, 0.717) is 11.7 Å². The number of benzene rings is 2. The van der Waals surface area contributed by atoms with Gasteiger partial charge in [-0.1, -0.05) is 29.4 Å². The van der Waals surface area contributed by atoms with E-state index in [1.54, 1.807) is 7.11 Å². The van der Waals surface area contributed by atoms with Crippen molar-refractivity contribution < 1.29 is 9.26 Å². The molecule has 1 aliphatic rings. The van der Waals surface area contributed by atoms with Crippen LogP contribution in [0.15, 0.2) is 65.3 Å². The van der Waals surface area contributed by atoms with Gasteiger partial charge in [0.05, 0.1) is 18.5 Å². The molecule has 1 fully saturated rings. The first-order valence-electron chi connectivity index (χ1n) is 9.82. The molecule has 6 nitrogen and oxygen atoms in total. The second kappa shape index (κ2) is 7.64. The third kappa shape index (κ3) is 3.71. The van der Waals surface area contributed by atoms with Gasteiger partial charge in [-0.25, -0.2) is 0 Å². The molecule has 0 radical (unpaired) electrons. The molecule has 5 rings (SSSR count). The van der Waals surface area contributed by atoms with E-state index in [-0.39, 0.29) is 5.92 Å². The molecule has 3 heterocycles. The normalized spacial score (nSPS) is 17.1. The van der Waals surface area contributed by atoms with Gasteiger partial charge in [-0.2, -0.15) is 4.98 Å². The van der Waals surface area contributed by atoms with Crippen LogP contribution in [0, 0.1) is 0 Å². The molecule has 1 atom stereocenters. The minimum atomic E-state index is 0.268. The lowest BCUT2D eigenvalue weighted by molar-refractivity contribution is 0.309. The summed E-state index contributed by atoms with van der Waals surface area (Å²) in [5, 5.41) is 5.36. The fourth-order valence-electron chi connectivity index (χ4n) is 3.94. The SMILES string of the molecule is COc1cccc(-c2noc(C3CCN(Cc4ccc5ncccc5c4)C3)n2)c1. The number of pyridine rings is 1. The van der Waals surface area contributed by atoms with Crippen LogP contribution in [0.4, 0.5) is 0 Å². The Labute approximate surface area is 169 Å². The van der Waals surface area contributed by atoms with Crippen LogP contribution in [-0.4, -0.2) is 40.2 Å². The minimum Gasteiger partial charge on any atom is -0.497 e. The summed E-state index contributed by atoms with van der Waals surface area (Å²) in [5.74, 6) is 2.38. The van der Waals surface area contributed by atoms with Crippen molar-refractivity contribution in [3.8, 4) is 17.1 Å². The summed E-state index contributed by atoms with van der Waals surface area (Å²) in [6.07, 6.45) is 2.85. The predicted octanol–water partition coefficient (Wildman–Crippen LogP) is 4.28. The second-order valence-electron chi connectivity index (χ2n) is 7.44. The van der Waals surface area contributed by atoms with E-state index in [1.807, 2.05) is 36.5 Å². The predicted molar refractivity (Wildman–Crippen MR) is 111 cm³/mol. The number of nitrogens with zero attached hydrogens (tertiary/aromatic N) is 4. The van der Waals surface area contributed by atoms with Gasteiger partial charge in [0, 0.05) is 30.2 Å². The lowest BCUT2D eigenvalue weighted by Crippen LogP contribution is -2.19. The van der Waals surface area contributed by atoms with Gasteiger partial charge < -0.3 is 9.26 Å². The van der Waals surface area contributed by atoms with Crippen molar-refractivity contribution in [3.05, 3.63) is 72.2 Å². The van der Waals surface area contributed by atoms with Crippen LogP contribution in [-0.2, 0) is 6.54 Å². The summed E-state index contributed by atoms with van der Waals surface area (Å²) in [7, 11) is 1.65. The maximum absolute atomic E-state index is 5.60. The van der Waals surface area contributed by atoms with Crippen molar-refractivity contribution in [3.63, 3.8) is 0 Å². The number of methoxy groups -OCH3 is 1. The molecule has 2 aromatic carbocycles. The number of rotatable bonds is 5. The highest BCUT2D eigenvalue weighted by atomic mass is 16.5. The van der Waals surface area contributed by atoms with Crippen LogP contribution in [0.3, 0.4) is 0 Å². The molecule has 1 unspecified atom stereocenters. The Hall–Kier alpha value is -3.25. The second-order valence-corrected chi connectivity index (χ2v) is 7.44. The van der Waals surface area contributed by atoms with Crippen LogP contribution >= 0.6 is 0 Å². The Morgan fingerprint density at radius 2 is 2.10 bits per heavy atom. The van der Waals surface area contributed by atoms with Gasteiger partial charge in [0.2, 0.25) is 11.7 Å². The molecule has 146 valence electrons. The summed E-state index contributed by atoms with van der Waals surface area (Å²) in [6, 6.07) is 18.3. The largest absolute Gasteiger partial charge is 0.497 e. The fourth-order valence-corrected chi connectivity index (χ4v) is 3.94. The van der Waals surface area contributed by atoms with Gasteiger partial charge in [0.15, 0.2) is 0 Å². The average Bonchev–Trinajstić information content (AvgIpc) is 3.43. The first-order chi connectivity index (χ1) is 14.3. The molecule has 0 aliphatic carbocycles. The Kier molecular flexibility index (Phi) is 4.69. The highest BCUT2D eigenvalue weighted by Crippen LogP contribution is 2.29. The van der Waals surface area contributed by atoms with Crippen molar-refractivity contribution in [1.29, 1.82) is 0 Å². The van der Waals surface area contributed by atoms with E-state index < -0.39 is 0 Å². The molecule has 1 aliphatic heterocycles. The molecule has 6 heteroatoms. The summed E-state index contributed by atoms with van der Waals surface area (Å²) < 4.78 is 10.9. The van der Waals surface area contributed by atoms with Crippen LogP contribution in [0.5, 0.6) is 5.75 Å². The monoisotopic (exact) mass is 386 g/mol. The molecule has 0 N–H and O–H groups in total. The first kappa shape index (κ1) is 17.8. The number of fused-ring (bicyclic) bond motifs is 1. The maximum atomic E-state index is 5.60. The highest BCUT2D eigenvalue weighted by molar-refractivity contribution is 5.78. The molecule has 29 heavy (non-hydrogen) atoms. The van der Waals surface area contributed by atoms with Crippen molar-refractivity contribution >= 4 is 10.9 Å². The number of aromatic nitrogens is 3. The quantitative estimate of drug-likeness (QED) is 0.510. The summed E-state index contributed by atoms with van der Waals surface area (Å²) in [5.41, 5.74) is 3.24. The van der Waals surface area contributed by atoms with Crippen molar-refractivity contribution in [2.45, 2.75) is 18.9 Å². The molecular formula is C23H22N4O2. The Balaban J connectivity index is 1.27. The van der Waals surface area contributed by atoms with Crippen LogP contribution in [0.1, 0.15) is 23.8 Å². The Morgan fingerprint density at radius 3 is 3.03 bits per heavy atom. The van der Waals surface area contributed by atoms with Gasteiger partial charge in [-0.15, -0.1) is 0 Å². The molecule has 2 aromatic heterocycles. The average molecular weight is 386 g/mol. The van der Waals surface area contributed by atoms with E-state index in [9.17, 15) is 0 Å². The third-order valence-electron chi connectivity index (χ3n) is 5.46. The highest BCUT2D eigenvalue weighted by Gasteiger charge is 2.28. The fraction of sp³-hybridized carbons (Fsp3) is 0.261. The number of hydrogen-bond donors (Lipinski definition) is 0. The molecule has 4 aromatic rings. The zero-order valence-electron chi connectivity index (χ0n) is 16.3. The molecule has 0 spiro atoms. The van der Waals surface area contributed by atoms with Gasteiger partial charge in [0.25, 0.3) is 0 Å². The maximum Gasteiger partial charge on any atom is 0.231 e. The standard InChI is InChI=1S/C23H22N4O2/c1-28-20-6-2-4-18(13-20)22-25-23(29-26-22)19-9-11-27(15-19)14-16-7-8-21-17(12-16)5-3-10-24-21/h2-8,10,12-13,19H,9,11,14-15H2,1H3.